The average Bonchev–Trinajstić information content (AvgIpc) is 2.94. The summed E-state index contributed by atoms with van der Waals surface area (Å²) < 4.78 is 6.40. The molecule has 2 fully saturated rings. The van der Waals surface area contributed by atoms with Crippen molar-refractivity contribution in [2.24, 2.45) is 5.92 Å². The lowest BCUT2D eigenvalue weighted by Crippen LogP contribution is -2.78. The van der Waals surface area contributed by atoms with Crippen molar-refractivity contribution in [1.82, 2.24) is 10.2 Å². The number of hydrogen-bond donors (Lipinski definition) is 3. The molecule has 4 aliphatic rings. The van der Waals surface area contributed by atoms with Crippen molar-refractivity contribution < 1.29 is 14.9 Å². The number of nitrogens with one attached hydrogen (secondary N) is 1. The van der Waals surface area contributed by atoms with Gasteiger partial charge in [-0.15, -0.1) is 0 Å². The molecule has 5 rings (SSSR count). The van der Waals surface area contributed by atoms with Gasteiger partial charge in [0.2, 0.25) is 0 Å². The van der Waals surface area contributed by atoms with Gasteiger partial charge in [-0.2, -0.15) is 0 Å². The molecule has 0 amide bonds. The SMILES string of the molecule is CNC1CC[C@@]2(O)[C@H]3Cc4ccc(O)c5c4[C@@]2(CCN3CC(C)C)C1O5. The number of phenolic OH excluding ortho intramolecular Hbond substituents is 1. The number of rotatable bonds is 3. The smallest absolute Gasteiger partial charge is 0.165 e. The first kappa shape index (κ1) is 16.8. The molecule has 0 aromatic heterocycles. The van der Waals surface area contributed by atoms with Crippen LogP contribution in [0.3, 0.4) is 0 Å². The molecule has 1 saturated heterocycles. The molecule has 1 spiro atoms. The van der Waals surface area contributed by atoms with Gasteiger partial charge in [-0.1, -0.05) is 19.9 Å². The molecule has 2 aliphatic heterocycles. The van der Waals surface area contributed by atoms with Crippen molar-refractivity contribution in [3.8, 4) is 11.5 Å². The highest BCUT2D eigenvalue weighted by Gasteiger charge is 2.72. The van der Waals surface area contributed by atoms with Crippen LogP contribution in [-0.4, -0.2) is 59.0 Å². The first-order valence-corrected chi connectivity index (χ1v) is 10.1. The number of piperidine rings is 1. The number of aromatic hydroxyl groups is 1. The highest BCUT2D eigenvalue weighted by Crippen LogP contribution is 2.65. The minimum Gasteiger partial charge on any atom is -0.504 e. The topological polar surface area (TPSA) is 65.0 Å². The fourth-order valence-corrected chi connectivity index (χ4v) is 6.61. The van der Waals surface area contributed by atoms with Crippen LogP contribution in [0.1, 0.15) is 44.2 Å². The summed E-state index contributed by atoms with van der Waals surface area (Å²) in [5, 5.41) is 26.1. The summed E-state index contributed by atoms with van der Waals surface area (Å²) in [4.78, 5) is 2.51. The van der Waals surface area contributed by atoms with Gasteiger partial charge in [-0.05, 0) is 56.8 Å². The van der Waals surface area contributed by atoms with E-state index < -0.39 is 11.0 Å². The monoisotopic (exact) mass is 358 g/mol. The molecule has 1 aromatic rings. The predicted molar refractivity (Wildman–Crippen MR) is 99.8 cm³/mol. The lowest BCUT2D eigenvalue weighted by molar-refractivity contribution is -0.192. The van der Waals surface area contributed by atoms with Gasteiger partial charge >= 0.3 is 0 Å². The van der Waals surface area contributed by atoms with Crippen molar-refractivity contribution in [1.29, 1.82) is 0 Å². The Morgan fingerprint density at radius 3 is 2.88 bits per heavy atom. The van der Waals surface area contributed by atoms with Gasteiger partial charge in [0, 0.05) is 24.2 Å². The van der Waals surface area contributed by atoms with Gasteiger partial charge in [-0.25, -0.2) is 0 Å². The Hall–Kier alpha value is -1.30. The summed E-state index contributed by atoms with van der Waals surface area (Å²) in [6.45, 7) is 6.50. The average molecular weight is 358 g/mol. The highest BCUT2D eigenvalue weighted by molar-refractivity contribution is 5.62. The van der Waals surface area contributed by atoms with Crippen molar-refractivity contribution >= 4 is 0 Å². The zero-order valence-corrected chi connectivity index (χ0v) is 16.0. The third-order valence-corrected chi connectivity index (χ3v) is 7.54. The van der Waals surface area contributed by atoms with Crippen LogP contribution in [0.15, 0.2) is 12.1 Å². The Morgan fingerprint density at radius 1 is 1.35 bits per heavy atom. The quantitative estimate of drug-likeness (QED) is 0.769. The summed E-state index contributed by atoms with van der Waals surface area (Å²) in [7, 11) is 1.98. The second-order valence-corrected chi connectivity index (χ2v) is 9.17. The van der Waals surface area contributed by atoms with Crippen LogP contribution in [0.2, 0.25) is 0 Å². The first-order chi connectivity index (χ1) is 12.4. The molecular weight excluding hydrogens is 328 g/mol. The van der Waals surface area contributed by atoms with E-state index in [2.05, 4.69) is 30.1 Å². The van der Waals surface area contributed by atoms with E-state index >= 15 is 0 Å². The Labute approximate surface area is 155 Å². The van der Waals surface area contributed by atoms with Gasteiger partial charge in [0.15, 0.2) is 11.5 Å². The molecule has 5 atom stereocenters. The third kappa shape index (κ3) is 1.82. The number of likely N-dealkylation sites (tertiary alicyclic amines) is 1. The minimum absolute atomic E-state index is 0.114. The fourth-order valence-electron chi connectivity index (χ4n) is 6.61. The Balaban J connectivity index is 1.72. The lowest BCUT2D eigenvalue weighted by Gasteiger charge is -2.64. The van der Waals surface area contributed by atoms with Crippen LogP contribution >= 0.6 is 0 Å². The summed E-state index contributed by atoms with van der Waals surface area (Å²) in [5.74, 6) is 1.42. The zero-order chi connectivity index (χ0) is 18.3. The summed E-state index contributed by atoms with van der Waals surface area (Å²) in [6, 6.07) is 4.15. The largest absolute Gasteiger partial charge is 0.504 e. The van der Waals surface area contributed by atoms with Crippen molar-refractivity contribution in [2.75, 3.05) is 20.1 Å². The van der Waals surface area contributed by atoms with Crippen LogP contribution in [0.4, 0.5) is 0 Å². The molecule has 1 saturated carbocycles. The van der Waals surface area contributed by atoms with Crippen molar-refractivity contribution in [3.05, 3.63) is 23.3 Å². The van der Waals surface area contributed by atoms with Crippen LogP contribution < -0.4 is 10.1 Å². The molecule has 2 aliphatic carbocycles. The summed E-state index contributed by atoms with van der Waals surface area (Å²) >= 11 is 0. The standard InChI is InChI=1S/C21H30N2O3/c1-12(2)11-23-9-8-20-17-13-4-5-15(24)18(17)26-19(20)14(22-3)6-7-21(20,25)16(23)10-13/h4-5,12,14,16,19,22,24-25H,6-11H2,1-3H3/t14?,16-,19?,20+,21-/m1/s1. The van der Waals surface area contributed by atoms with E-state index in [9.17, 15) is 10.2 Å². The number of nitrogens with zero attached hydrogens (tertiary/aromatic N) is 1. The second-order valence-electron chi connectivity index (χ2n) is 9.17. The molecule has 142 valence electrons. The van der Waals surface area contributed by atoms with Crippen molar-refractivity contribution in [3.63, 3.8) is 0 Å². The van der Waals surface area contributed by atoms with E-state index in [1.165, 1.54) is 5.56 Å². The predicted octanol–water partition coefficient (Wildman–Crippen LogP) is 1.79. The lowest BCUT2D eigenvalue weighted by atomic mass is 9.48. The van der Waals surface area contributed by atoms with Gasteiger partial charge in [0.1, 0.15) is 6.10 Å². The molecule has 3 N–H and O–H groups in total. The molecule has 5 heteroatoms. The molecule has 26 heavy (non-hydrogen) atoms. The maximum atomic E-state index is 12.2. The van der Waals surface area contributed by atoms with Gasteiger partial charge in [0.05, 0.1) is 11.0 Å². The molecule has 2 unspecified atom stereocenters. The Bertz CT molecular complexity index is 751. The maximum absolute atomic E-state index is 12.2. The van der Waals surface area contributed by atoms with Crippen molar-refractivity contribution in [2.45, 2.75) is 68.7 Å². The van der Waals surface area contributed by atoms with E-state index in [1.807, 2.05) is 7.05 Å². The zero-order valence-electron chi connectivity index (χ0n) is 16.0. The molecule has 0 radical (unpaired) electrons. The number of likely N-dealkylation sites (N-methyl/N-ethyl adjacent to an activating group) is 1. The molecule has 2 bridgehead atoms. The van der Waals surface area contributed by atoms with E-state index in [0.717, 1.165) is 44.3 Å². The number of ether oxygens (including phenoxy) is 1. The molecule has 2 heterocycles. The maximum Gasteiger partial charge on any atom is 0.165 e. The second kappa shape index (κ2) is 5.37. The number of aliphatic hydroxyl groups is 1. The summed E-state index contributed by atoms with van der Waals surface area (Å²) in [5.41, 5.74) is 1.16. The van der Waals surface area contributed by atoms with Gasteiger partial charge < -0.3 is 20.3 Å². The first-order valence-electron chi connectivity index (χ1n) is 10.1. The van der Waals surface area contributed by atoms with E-state index in [-0.39, 0.29) is 23.9 Å². The number of benzene rings is 1. The highest BCUT2D eigenvalue weighted by atomic mass is 16.5. The van der Waals surface area contributed by atoms with Gasteiger partial charge in [-0.3, -0.25) is 4.90 Å². The molecule has 5 nitrogen and oxygen atoms in total. The fraction of sp³-hybridized carbons (Fsp3) is 0.714. The van der Waals surface area contributed by atoms with Crippen LogP contribution in [0, 0.1) is 5.92 Å². The molecular formula is C21H30N2O3. The van der Waals surface area contributed by atoms with E-state index in [0.29, 0.717) is 11.7 Å². The minimum atomic E-state index is -0.787. The van der Waals surface area contributed by atoms with Crippen LogP contribution in [0.25, 0.3) is 0 Å². The third-order valence-electron chi connectivity index (χ3n) is 7.54. The summed E-state index contributed by atoms with van der Waals surface area (Å²) in [6.07, 6.45) is 3.30. The van der Waals surface area contributed by atoms with Crippen LogP contribution in [0.5, 0.6) is 11.5 Å². The normalized spacial score (nSPS) is 40.4. The Kier molecular flexibility index (Phi) is 3.48. The number of phenols is 1. The van der Waals surface area contributed by atoms with Gasteiger partial charge in [0.25, 0.3) is 0 Å². The van der Waals surface area contributed by atoms with Crippen LogP contribution in [-0.2, 0) is 11.8 Å². The van der Waals surface area contributed by atoms with E-state index in [4.69, 9.17) is 4.74 Å². The Morgan fingerprint density at radius 2 is 2.15 bits per heavy atom. The molecule has 1 aromatic carbocycles. The van der Waals surface area contributed by atoms with E-state index in [1.54, 1.807) is 6.07 Å². The number of hydrogen-bond acceptors (Lipinski definition) is 5.